The van der Waals surface area contributed by atoms with Gasteiger partial charge in [0.1, 0.15) is 5.82 Å². The van der Waals surface area contributed by atoms with Crippen LogP contribution in [0.4, 0.5) is 0 Å². The fraction of sp³-hybridized carbons (Fsp3) is 0.192. The van der Waals surface area contributed by atoms with Crippen molar-refractivity contribution in [2.45, 2.75) is 33.0 Å². The predicted molar refractivity (Wildman–Crippen MR) is 123 cm³/mol. The first kappa shape index (κ1) is 20.7. The Hall–Kier alpha value is -3.07. The summed E-state index contributed by atoms with van der Waals surface area (Å²) in [6.45, 7) is 6.33. The van der Waals surface area contributed by atoms with E-state index in [9.17, 15) is 0 Å². The van der Waals surface area contributed by atoms with Crippen LogP contribution in [0, 0.1) is 20.8 Å². The Labute approximate surface area is 175 Å². The second-order valence-electron chi connectivity index (χ2n) is 7.36. The molecule has 29 heavy (non-hydrogen) atoms. The first-order valence-electron chi connectivity index (χ1n) is 9.95. The van der Waals surface area contributed by atoms with Crippen molar-refractivity contribution in [2.75, 3.05) is 0 Å². The highest BCUT2D eigenvalue weighted by Gasteiger charge is 2.06. The lowest BCUT2D eigenvalue weighted by Crippen LogP contribution is -1.99. The summed E-state index contributed by atoms with van der Waals surface area (Å²) in [5, 5.41) is 0. The molecular formula is C26H27BN2. The maximum atomic E-state index is 6.12. The molecule has 2 nitrogen and oxygen atoms in total. The number of H-pyrrole nitrogens is 1. The molecular weight excluding hydrogens is 351 g/mol. The molecule has 0 fully saturated rings. The van der Waals surface area contributed by atoms with E-state index in [0.29, 0.717) is 0 Å². The van der Waals surface area contributed by atoms with Gasteiger partial charge in [0.25, 0.3) is 0 Å². The van der Waals surface area contributed by atoms with Gasteiger partial charge < -0.3 is 4.98 Å². The molecule has 1 heterocycles. The van der Waals surface area contributed by atoms with E-state index in [1.165, 1.54) is 16.7 Å². The first-order chi connectivity index (χ1) is 14.0. The minimum Gasteiger partial charge on any atom is -0.346 e. The van der Waals surface area contributed by atoms with Crippen LogP contribution in [0.3, 0.4) is 0 Å². The number of aryl methyl sites for hydroxylation is 3. The van der Waals surface area contributed by atoms with Crippen LogP contribution < -0.4 is 0 Å². The summed E-state index contributed by atoms with van der Waals surface area (Å²) in [6.07, 6.45) is 2.77. The minimum absolute atomic E-state index is 0.0163. The van der Waals surface area contributed by atoms with Crippen molar-refractivity contribution in [1.29, 1.82) is 0 Å². The molecule has 0 bridgehead atoms. The molecule has 0 unspecified atom stereocenters. The lowest BCUT2D eigenvalue weighted by molar-refractivity contribution is 0.994. The average Bonchev–Trinajstić information content (AvgIpc) is 3.17. The monoisotopic (exact) mass is 378 g/mol. The van der Waals surface area contributed by atoms with E-state index in [0.717, 1.165) is 29.1 Å². The highest BCUT2D eigenvalue weighted by molar-refractivity contribution is 6.14. The van der Waals surface area contributed by atoms with E-state index in [4.69, 9.17) is 7.85 Å². The Morgan fingerprint density at radius 2 is 1.28 bits per heavy atom. The van der Waals surface area contributed by atoms with Crippen molar-refractivity contribution < 1.29 is 0 Å². The molecule has 4 aromatic rings. The molecule has 0 aliphatic rings. The van der Waals surface area contributed by atoms with Gasteiger partial charge in [0.2, 0.25) is 0 Å². The lowest BCUT2D eigenvalue weighted by Gasteiger charge is -2.12. The van der Waals surface area contributed by atoms with E-state index >= 15 is 0 Å². The highest BCUT2D eigenvalue weighted by atomic mass is 14.9. The molecule has 2 radical (unpaired) electrons. The van der Waals surface area contributed by atoms with Crippen molar-refractivity contribution in [3.63, 3.8) is 0 Å². The standard InChI is InChI=1S/C13H11B.C13H16N2/c14-13(11-7-3-1-4-8-11)12-9-5-2-6-10-12;1-9-5-4-6-10(2)12(9)7-13-14-8-11(3)15-13/h1-10,13H;4-6,8H,7H2,1-3H3,(H,14,15). The summed E-state index contributed by atoms with van der Waals surface area (Å²) >= 11 is 0. The third-order valence-corrected chi connectivity index (χ3v) is 5.06. The van der Waals surface area contributed by atoms with Gasteiger partial charge in [-0.15, -0.1) is 0 Å². The summed E-state index contributed by atoms with van der Waals surface area (Å²) in [7, 11) is 6.12. The molecule has 1 N–H and O–H groups in total. The number of rotatable bonds is 4. The van der Waals surface area contributed by atoms with Crippen LogP contribution >= 0.6 is 0 Å². The largest absolute Gasteiger partial charge is 0.346 e. The van der Waals surface area contributed by atoms with Gasteiger partial charge in [-0.3, -0.25) is 0 Å². The van der Waals surface area contributed by atoms with E-state index in [2.05, 4.69) is 66.3 Å². The number of benzene rings is 3. The number of aromatic nitrogens is 2. The van der Waals surface area contributed by atoms with Crippen molar-refractivity contribution in [3.05, 3.63) is 124 Å². The number of hydrogen-bond donors (Lipinski definition) is 1. The average molecular weight is 378 g/mol. The van der Waals surface area contributed by atoms with Gasteiger partial charge in [0, 0.05) is 18.3 Å². The lowest BCUT2D eigenvalue weighted by atomic mass is 9.76. The van der Waals surface area contributed by atoms with E-state index in [1.54, 1.807) is 0 Å². The van der Waals surface area contributed by atoms with Crippen molar-refractivity contribution in [1.82, 2.24) is 9.97 Å². The molecule has 144 valence electrons. The van der Waals surface area contributed by atoms with Gasteiger partial charge in [0.15, 0.2) is 0 Å². The van der Waals surface area contributed by atoms with Gasteiger partial charge in [-0.2, -0.15) is 0 Å². The number of nitrogens with one attached hydrogen (secondary N) is 1. The van der Waals surface area contributed by atoms with Gasteiger partial charge in [-0.05, 0) is 54.4 Å². The molecule has 4 rings (SSSR count). The SMILES string of the molecule is Cc1cnc(Cc2c(C)cccc2C)[nH]1.[B]C(c1ccccc1)c1ccccc1. The first-order valence-corrected chi connectivity index (χ1v) is 9.95. The highest BCUT2D eigenvalue weighted by Crippen LogP contribution is 2.20. The Balaban J connectivity index is 0.000000166. The summed E-state index contributed by atoms with van der Waals surface area (Å²) in [5.41, 5.74) is 7.48. The Morgan fingerprint density at radius 1 is 0.759 bits per heavy atom. The van der Waals surface area contributed by atoms with Crippen LogP contribution in [-0.4, -0.2) is 17.8 Å². The minimum atomic E-state index is -0.0163. The molecule has 3 aromatic carbocycles. The number of nitrogens with zero attached hydrogens (tertiary/aromatic N) is 1. The van der Waals surface area contributed by atoms with Gasteiger partial charge in [0.05, 0.1) is 7.85 Å². The fourth-order valence-corrected chi connectivity index (χ4v) is 3.37. The smallest absolute Gasteiger partial charge is 0.110 e. The van der Waals surface area contributed by atoms with E-state index < -0.39 is 0 Å². The number of aromatic amines is 1. The molecule has 3 heteroatoms. The van der Waals surface area contributed by atoms with Crippen LogP contribution in [0.2, 0.25) is 0 Å². The van der Waals surface area contributed by atoms with Crippen molar-refractivity contribution in [2.24, 2.45) is 0 Å². The van der Waals surface area contributed by atoms with E-state index in [1.807, 2.05) is 49.5 Å². The molecule has 0 saturated heterocycles. The summed E-state index contributed by atoms with van der Waals surface area (Å²) in [4.78, 5) is 7.61. The molecule has 1 aromatic heterocycles. The van der Waals surface area contributed by atoms with Crippen LogP contribution in [0.25, 0.3) is 0 Å². The Kier molecular flexibility index (Phi) is 7.07. The molecule has 0 atom stereocenters. The second-order valence-corrected chi connectivity index (χ2v) is 7.36. The van der Waals surface area contributed by atoms with Crippen molar-refractivity contribution in [3.8, 4) is 0 Å². The van der Waals surface area contributed by atoms with Crippen LogP contribution in [-0.2, 0) is 6.42 Å². The summed E-state index contributed by atoms with van der Waals surface area (Å²) in [6, 6.07) is 26.7. The zero-order valence-corrected chi connectivity index (χ0v) is 17.4. The second kappa shape index (κ2) is 9.93. The normalized spacial score (nSPS) is 10.5. The Bertz CT molecular complexity index is 963. The van der Waals surface area contributed by atoms with Gasteiger partial charge in [-0.1, -0.05) is 78.9 Å². The molecule has 0 aliphatic carbocycles. The topological polar surface area (TPSA) is 28.7 Å². The molecule has 0 saturated carbocycles. The maximum absolute atomic E-state index is 6.12. The van der Waals surface area contributed by atoms with E-state index in [-0.39, 0.29) is 5.82 Å². The van der Waals surface area contributed by atoms with Crippen LogP contribution in [0.1, 0.15) is 45.2 Å². The predicted octanol–water partition coefficient (Wildman–Crippen LogP) is 5.87. The molecule has 0 amide bonds. The van der Waals surface area contributed by atoms with Crippen LogP contribution in [0.5, 0.6) is 0 Å². The summed E-state index contributed by atoms with van der Waals surface area (Å²) in [5.74, 6) is 1.03. The zero-order valence-electron chi connectivity index (χ0n) is 17.4. The summed E-state index contributed by atoms with van der Waals surface area (Å²) < 4.78 is 0. The maximum Gasteiger partial charge on any atom is 0.110 e. The third kappa shape index (κ3) is 5.71. The van der Waals surface area contributed by atoms with Crippen LogP contribution in [0.15, 0.2) is 85.1 Å². The quantitative estimate of drug-likeness (QED) is 0.442. The number of imidazole rings is 1. The third-order valence-electron chi connectivity index (χ3n) is 5.06. The van der Waals surface area contributed by atoms with Gasteiger partial charge >= 0.3 is 0 Å². The Morgan fingerprint density at radius 3 is 1.72 bits per heavy atom. The van der Waals surface area contributed by atoms with Gasteiger partial charge in [-0.25, -0.2) is 4.98 Å². The number of hydrogen-bond acceptors (Lipinski definition) is 1. The molecule has 0 aliphatic heterocycles. The molecule has 0 spiro atoms. The zero-order chi connectivity index (χ0) is 20.6. The van der Waals surface area contributed by atoms with Crippen molar-refractivity contribution >= 4 is 7.85 Å². The fourth-order valence-electron chi connectivity index (χ4n) is 3.37.